The highest BCUT2D eigenvalue weighted by Gasteiger charge is 2.35. The molecule has 1 amide bonds. The van der Waals surface area contributed by atoms with E-state index in [2.05, 4.69) is 5.32 Å². The van der Waals surface area contributed by atoms with Crippen molar-refractivity contribution in [3.8, 4) is 0 Å². The first-order valence-electron chi connectivity index (χ1n) is 6.12. The van der Waals surface area contributed by atoms with Crippen LogP contribution in [0.2, 0.25) is 0 Å². The van der Waals surface area contributed by atoms with Gasteiger partial charge in [0.25, 0.3) is 0 Å². The number of hydrogen-bond donors (Lipinski definition) is 3. The third-order valence-electron chi connectivity index (χ3n) is 3.26. The van der Waals surface area contributed by atoms with Crippen molar-refractivity contribution in [3.05, 3.63) is 24.3 Å². The van der Waals surface area contributed by atoms with E-state index in [0.29, 0.717) is 31.7 Å². The van der Waals surface area contributed by atoms with Crippen LogP contribution in [0.3, 0.4) is 0 Å². The molecule has 1 heterocycles. The molecule has 0 bridgehead atoms. The normalized spacial score (nSPS) is 18.5. The van der Waals surface area contributed by atoms with Gasteiger partial charge in [0.2, 0.25) is 15.9 Å². The second kappa shape index (κ2) is 5.49. The summed E-state index contributed by atoms with van der Waals surface area (Å²) in [5.74, 6) is -0.354. The Morgan fingerprint density at radius 3 is 2.55 bits per heavy atom. The van der Waals surface area contributed by atoms with Gasteiger partial charge in [-0.3, -0.25) is 4.79 Å². The third-order valence-corrected chi connectivity index (χ3v) is 4.17. The van der Waals surface area contributed by atoms with E-state index in [1.807, 2.05) is 0 Å². The Hall–Kier alpha value is -1.48. The molecule has 1 aromatic carbocycles. The van der Waals surface area contributed by atoms with Gasteiger partial charge in [0, 0.05) is 18.9 Å². The van der Waals surface area contributed by atoms with Gasteiger partial charge in [0.1, 0.15) is 5.54 Å². The van der Waals surface area contributed by atoms with Crippen LogP contribution < -0.4 is 16.2 Å². The fraction of sp³-hybridized carbons (Fsp3) is 0.417. The van der Waals surface area contributed by atoms with E-state index in [1.54, 1.807) is 6.07 Å². The standard InChI is InChI=1S/C12H17N3O4S/c13-12(4-6-19-7-5-12)11(16)15-9-2-1-3-10(8-9)20(14,17)18/h1-3,8H,4-7,13H2,(H,15,16)(H2,14,17,18). The zero-order valence-electron chi connectivity index (χ0n) is 10.8. The molecular formula is C12H17N3O4S. The number of benzene rings is 1. The number of nitrogens with one attached hydrogen (secondary N) is 1. The zero-order valence-corrected chi connectivity index (χ0v) is 11.7. The van der Waals surface area contributed by atoms with Crippen molar-refractivity contribution in [2.75, 3.05) is 18.5 Å². The Balaban J connectivity index is 2.16. The summed E-state index contributed by atoms with van der Waals surface area (Å²) in [4.78, 5) is 12.1. The van der Waals surface area contributed by atoms with Crippen molar-refractivity contribution in [2.24, 2.45) is 10.9 Å². The number of nitrogens with two attached hydrogens (primary N) is 2. The lowest BCUT2D eigenvalue weighted by atomic mass is 9.90. The molecule has 2 rings (SSSR count). The molecule has 8 heteroatoms. The molecule has 0 aliphatic carbocycles. The molecule has 0 spiro atoms. The second-order valence-corrected chi connectivity index (χ2v) is 6.36. The lowest BCUT2D eigenvalue weighted by Crippen LogP contribution is -2.54. The van der Waals surface area contributed by atoms with E-state index in [9.17, 15) is 13.2 Å². The van der Waals surface area contributed by atoms with Crippen molar-refractivity contribution in [3.63, 3.8) is 0 Å². The fourth-order valence-corrected chi connectivity index (χ4v) is 2.53. The van der Waals surface area contributed by atoms with Crippen LogP contribution in [0.15, 0.2) is 29.2 Å². The average molecular weight is 299 g/mol. The molecule has 1 aliphatic heterocycles. The van der Waals surface area contributed by atoms with Gasteiger partial charge in [-0.2, -0.15) is 0 Å². The van der Waals surface area contributed by atoms with E-state index >= 15 is 0 Å². The largest absolute Gasteiger partial charge is 0.381 e. The van der Waals surface area contributed by atoms with Gasteiger partial charge < -0.3 is 15.8 Å². The summed E-state index contributed by atoms with van der Waals surface area (Å²) in [6.07, 6.45) is 0.849. The highest BCUT2D eigenvalue weighted by atomic mass is 32.2. The minimum atomic E-state index is -3.80. The van der Waals surface area contributed by atoms with Crippen LogP contribution in [0, 0.1) is 0 Å². The molecule has 1 aromatic rings. The Morgan fingerprint density at radius 2 is 1.95 bits per heavy atom. The number of carbonyl (C=O) groups excluding carboxylic acids is 1. The summed E-state index contributed by atoms with van der Waals surface area (Å²) in [7, 11) is -3.80. The first-order chi connectivity index (χ1) is 9.31. The Bertz CT molecular complexity index is 609. The molecule has 1 fully saturated rings. The highest BCUT2D eigenvalue weighted by molar-refractivity contribution is 7.89. The second-order valence-electron chi connectivity index (χ2n) is 4.80. The predicted octanol–water partition coefficient (Wildman–Crippen LogP) is -0.220. The van der Waals surface area contributed by atoms with Gasteiger partial charge >= 0.3 is 0 Å². The van der Waals surface area contributed by atoms with Crippen molar-refractivity contribution in [1.82, 2.24) is 0 Å². The molecule has 0 radical (unpaired) electrons. The van der Waals surface area contributed by atoms with Gasteiger partial charge in [-0.15, -0.1) is 0 Å². The Labute approximate surface area is 117 Å². The van der Waals surface area contributed by atoms with Crippen molar-refractivity contribution in [2.45, 2.75) is 23.3 Å². The monoisotopic (exact) mass is 299 g/mol. The third kappa shape index (κ3) is 3.34. The van der Waals surface area contributed by atoms with Crippen molar-refractivity contribution in [1.29, 1.82) is 0 Å². The van der Waals surface area contributed by atoms with Gasteiger partial charge in [-0.25, -0.2) is 13.6 Å². The molecule has 20 heavy (non-hydrogen) atoms. The van der Waals surface area contributed by atoms with E-state index in [4.69, 9.17) is 15.6 Å². The van der Waals surface area contributed by atoms with Crippen LogP contribution in [0.4, 0.5) is 5.69 Å². The minimum absolute atomic E-state index is 0.0617. The summed E-state index contributed by atoms with van der Waals surface area (Å²) in [6, 6.07) is 5.74. The number of hydrogen-bond acceptors (Lipinski definition) is 5. The van der Waals surface area contributed by atoms with Crippen LogP contribution in [0.5, 0.6) is 0 Å². The van der Waals surface area contributed by atoms with Crippen molar-refractivity contribution >= 4 is 21.6 Å². The molecule has 0 aromatic heterocycles. The van der Waals surface area contributed by atoms with Crippen LogP contribution in [0.1, 0.15) is 12.8 Å². The maximum atomic E-state index is 12.2. The van der Waals surface area contributed by atoms with Crippen LogP contribution in [-0.4, -0.2) is 33.1 Å². The molecular weight excluding hydrogens is 282 g/mol. The topological polar surface area (TPSA) is 125 Å². The van der Waals surface area contributed by atoms with E-state index in [-0.39, 0.29) is 10.8 Å². The van der Waals surface area contributed by atoms with E-state index in [1.165, 1.54) is 18.2 Å². The number of sulfonamides is 1. The minimum Gasteiger partial charge on any atom is -0.381 e. The van der Waals surface area contributed by atoms with E-state index in [0.717, 1.165) is 0 Å². The summed E-state index contributed by atoms with van der Waals surface area (Å²) in [5.41, 5.74) is 5.39. The van der Waals surface area contributed by atoms with Gasteiger partial charge in [-0.1, -0.05) is 6.07 Å². The molecule has 0 atom stereocenters. The maximum absolute atomic E-state index is 12.2. The number of rotatable bonds is 3. The van der Waals surface area contributed by atoms with Gasteiger partial charge in [-0.05, 0) is 31.0 Å². The lowest BCUT2D eigenvalue weighted by molar-refractivity contribution is -0.124. The summed E-state index contributed by atoms with van der Waals surface area (Å²) >= 11 is 0. The molecule has 0 unspecified atom stereocenters. The number of ether oxygens (including phenoxy) is 1. The summed E-state index contributed by atoms with van der Waals surface area (Å²) in [6.45, 7) is 0.863. The molecule has 5 N–H and O–H groups in total. The molecule has 7 nitrogen and oxygen atoms in total. The SMILES string of the molecule is NC1(C(=O)Nc2cccc(S(N)(=O)=O)c2)CCOCC1. The van der Waals surface area contributed by atoms with Gasteiger partial charge in [0.05, 0.1) is 4.90 Å². The molecule has 110 valence electrons. The smallest absolute Gasteiger partial charge is 0.244 e. The number of carbonyl (C=O) groups is 1. The number of primary sulfonamides is 1. The fourth-order valence-electron chi connectivity index (χ4n) is 1.97. The Morgan fingerprint density at radius 1 is 1.30 bits per heavy atom. The zero-order chi connectivity index (χ0) is 14.8. The quantitative estimate of drug-likeness (QED) is 0.711. The summed E-state index contributed by atoms with van der Waals surface area (Å²) < 4.78 is 27.7. The van der Waals surface area contributed by atoms with Gasteiger partial charge in [0.15, 0.2) is 0 Å². The average Bonchev–Trinajstić information content (AvgIpc) is 2.39. The number of anilines is 1. The molecule has 1 aliphatic rings. The summed E-state index contributed by atoms with van der Waals surface area (Å²) in [5, 5.41) is 7.67. The van der Waals surface area contributed by atoms with Crippen LogP contribution >= 0.6 is 0 Å². The van der Waals surface area contributed by atoms with E-state index < -0.39 is 15.6 Å². The molecule has 0 saturated carbocycles. The lowest BCUT2D eigenvalue weighted by Gasteiger charge is -2.31. The van der Waals surface area contributed by atoms with Crippen LogP contribution in [-0.2, 0) is 19.6 Å². The first kappa shape index (κ1) is 14.9. The highest BCUT2D eigenvalue weighted by Crippen LogP contribution is 2.21. The predicted molar refractivity (Wildman–Crippen MR) is 73.4 cm³/mol. The first-order valence-corrected chi connectivity index (χ1v) is 7.67. The van der Waals surface area contributed by atoms with Crippen molar-refractivity contribution < 1.29 is 17.9 Å². The number of amides is 1. The Kier molecular flexibility index (Phi) is 4.09. The maximum Gasteiger partial charge on any atom is 0.244 e. The molecule has 1 saturated heterocycles. The van der Waals surface area contributed by atoms with Crippen LogP contribution in [0.25, 0.3) is 0 Å².